The third-order valence-electron chi connectivity index (χ3n) is 3.77. The molecule has 1 heterocycles. The summed E-state index contributed by atoms with van der Waals surface area (Å²) in [6, 6.07) is 7.08. The average Bonchev–Trinajstić information content (AvgIpc) is 2.53. The molecule has 128 valence electrons. The van der Waals surface area contributed by atoms with Crippen molar-refractivity contribution in [3.63, 3.8) is 0 Å². The molecule has 23 heavy (non-hydrogen) atoms. The first-order valence-electron chi connectivity index (χ1n) is 7.66. The Morgan fingerprint density at radius 1 is 1.30 bits per heavy atom. The van der Waals surface area contributed by atoms with Crippen molar-refractivity contribution in [3.8, 4) is 0 Å². The van der Waals surface area contributed by atoms with E-state index in [4.69, 9.17) is 0 Å². The van der Waals surface area contributed by atoms with E-state index in [1.165, 1.54) is 12.8 Å². The Morgan fingerprint density at radius 3 is 2.83 bits per heavy atom. The molecule has 1 aromatic carbocycles. The maximum atomic E-state index is 11.9. The van der Waals surface area contributed by atoms with E-state index in [-0.39, 0.29) is 30.8 Å². The van der Waals surface area contributed by atoms with Gasteiger partial charge in [0.05, 0.1) is 6.54 Å². The monoisotopic (exact) mass is 403 g/mol. The van der Waals surface area contributed by atoms with Crippen LogP contribution in [0, 0.1) is 5.92 Å². The average molecular weight is 405 g/mol. The van der Waals surface area contributed by atoms with E-state index >= 15 is 0 Å². The molecule has 1 saturated heterocycles. The maximum absolute atomic E-state index is 11.9. The number of carbonyl (C=O) groups excluding carboxylic acids is 2. The van der Waals surface area contributed by atoms with Gasteiger partial charge in [-0.25, -0.2) is 0 Å². The summed E-state index contributed by atoms with van der Waals surface area (Å²) in [5, 5.41) is 8.85. The van der Waals surface area contributed by atoms with Crippen LogP contribution in [-0.4, -0.2) is 38.0 Å². The smallest absolute Gasteiger partial charge is 0.251 e. The molecule has 2 amide bonds. The Bertz CT molecular complexity index is 522. The van der Waals surface area contributed by atoms with Gasteiger partial charge in [0.2, 0.25) is 5.91 Å². The molecular weight excluding hydrogens is 382 g/mol. The highest BCUT2D eigenvalue weighted by molar-refractivity contribution is 9.10. The van der Waals surface area contributed by atoms with E-state index in [0.717, 1.165) is 24.0 Å². The summed E-state index contributed by atoms with van der Waals surface area (Å²) in [7, 11) is 0. The lowest BCUT2D eigenvalue weighted by Gasteiger charge is -2.22. The van der Waals surface area contributed by atoms with E-state index in [1.807, 2.05) is 6.07 Å². The van der Waals surface area contributed by atoms with Crippen molar-refractivity contribution in [1.29, 1.82) is 0 Å². The van der Waals surface area contributed by atoms with Crippen molar-refractivity contribution >= 4 is 40.2 Å². The third-order valence-corrected chi connectivity index (χ3v) is 4.26. The second-order valence-corrected chi connectivity index (χ2v) is 6.46. The van der Waals surface area contributed by atoms with E-state index in [1.54, 1.807) is 18.2 Å². The molecule has 0 saturated carbocycles. The molecule has 1 aliphatic rings. The minimum absolute atomic E-state index is 0. The summed E-state index contributed by atoms with van der Waals surface area (Å²) in [6.07, 6.45) is 3.42. The van der Waals surface area contributed by atoms with Crippen molar-refractivity contribution in [2.45, 2.75) is 19.3 Å². The Hall–Kier alpha value is -1.11. The first-order valence-corrected chi connectivity index (χ1v) is 8.45. The van der Waals surface area contributed by atoms with Crippen LogP contribution in [0.4, 0.5) is 0 Å². The Balaban J connectivity index is 0.00000264. The van der Waals surface area contributed by atoms with E-state index < -0.39 is 0 Å². The molecule has 3 N–H and O–H groups in total. The van der Waals surface area contributed by atoms with Gasteiger partial charge in [0, 0.05) is 16.6 Å². The van der Waals surface area contributed by atoms with Gasteiger partial charge >= 0.3 is 0 Å². The summed E-state index contributed by atoms with van der Waals surface area (Å²) < 4.78 is 0.839. The molecule has 0 spiro atoms. The van der Waals surface area contributed by atoms with Crippen molar-refractivity contribution < 1.29 is 9.59 Å². The minimum atomic E-state index is -0.243. The molecule has 0 aromatic heterocycles. The van der Waals surface area contributed by atoms with Gasteiger partial charge in [0.1, 0.15) is 0 Å². The number of carbonyl (C=O) groups is 2. The number of halogens is 2. The fourth-order valence-electron chi connectivity index (χ4n) is 2.54. The summed E-state index contributed by atoms with van der Waals surface area (Å²) in [5.74, 6) is 0.255. The topological polar surface area (TPSA) is 70.2 Å². The lowest BCUT2D eigenvalue weighted by atomic mass is 9.96. The first kappa shape index (κ1) is 19.9. The minimum Gasteiger partial charge on any atom is -0.355 e. The maximum Gasteiger partial charge on any atom is 0.251 e. The van der Waals surface area contributed by atoms with Crippen molar-refractivity contribution in [1.82, 2.24) is 16.0 Å². The zero-order valence-corrected chi connectivity index (χ0v) is 15.3. The predicted molar refractivity (Wildman–Crippen MR) is 96.9 cm³/mol. The molecule has 2 rings (SSSR count). The predicted octanol–water partition coefficient (Wildman–Crippen LogP) is 2.11. The van der Waals surface area contributed by atoms with Gasteiger partial charge in [0.25, 0.3) is 5.91 Å². The molecule has 1 aromatic rings. The van der Waals surface area contributed by atoms with Gasteiger partial charge in [-0.2, -0.15) is 0 Å². The van der Waals surface area contributed by atoms with Crippen LogP contribution in [0.1, 0.15) is 29.6 Å². The van der Waals surface area contributed by atoms with E-state index in [9.17, 15) is 9.59 Å². The van der Waals surface area contributed by atoms with Crippen molar-refractivity contribution in [2.75, 3.05) is 26.2 Å². The third kappa shape index (κ3) is 7.33. The number of hydrogen-bond donors (Lipinski definition) is 3. The molecule has 1 atom stereocenters. The lowest BCUT2D eigenvalue weighted by Crippen LogP contribution is -2.38. The Labute approximate surface area is 151 Å². The zero-order chi connectivity index (χ0) is 15.8. The largest absolute Gasteiger partial charge is 0.355 e. The molecule has 1 fully saturated rings. The number of rotatable bonds is 6. The molecule has 7 heteroatoms. The number of hydrogen-bond acceptors (Lipinski definition) is 3. The Kier molecular flexibility index (Phi) is 9.21. The molecular formula is C16H23BrClN3O2. The van der Waals surface area contributed by atoms with Crippen LogP contribution < -0.4 is 16.0 Å². The van der Waals surface area contributed by atoms with Crippen molar-refractivity contribution in [2.24, 2.45) is 5.92 Å². The first-order chi connectivity index (χ1) is 10.6. The van der Waals surface area contributed by atoms with Crippen LogP contribution in [0.25, 0.3) is 0 Å². The second kappa shape index (κ2) is 10.6. The zero-order valence-electron chi connectivity index (χ0n) is 12.9. The van der Waals surface area contributed by atoms with Gasteiger partial charge in [-0.15, -0.1) is 12.4 Å². The number of nitrogens with one attached hydrogen (secondary N) is 3. The molecule has 0 bridgehead atoms. The van der Waals surface area contributed by atoms with Crippen molar-refractivity contribution in [3.05, 3.63) is 34.3 Å². The van der Waals surface area contributed by atoms with Gasteiger partial charge in [-0.05, 0) is 56.5 Å². The molecule has 1 aliphatic heterocycles. The van der Waals surface area contributed by atoms with Crippen LogP contribution in [0.5, 0.6) is 0 Å². The summed E-state index contributed by atoms with van der Waals surface area (Å²) in [6.45, 7) is 2.81. The second-order valence-electron chi connectivity index (χ2n) is 5.54. The normalized spacial score (nSPS) is 17.0. The number of piperidine rings is 1. The molecule has 1 unspecified atom stereocenters. The quantitative estimate of drug-likeness (QED) is 0.680. The van der Waals surface area contributed by atoms with E-state index in [2.05, 4.69) is 31.9 Å². The van der Waals surface area contributed by atoms with Crippen LogP contribution >= 0.6 is 28.3 Å². The standard InChI is InChI=1S/C16H22BrN3O2.ClH/c17-14-5-1-4-13(9-14)16(22)20-11-15(21)19-8-6-12-3-2-7-18-10-12;/h1,4-5,9,12,18H,2-3,6-8,10-11H2,(H,19,21)(H,20,22);1H. The Morgan fingerprint density at radius 2 is 2.13 bits per heavy atom. The van der Waals surface area contributed by atoms with Gasteiger partial charge in [0.15, 0.2) is 0 Å². The highest BCUT2D eigenvalue weighted by atomic mass is 79.9. The molecule has 0 radical (unpaired) electrons. The summed E-state index contributed by atoms with van der Waals surface area (Å²) in [5.41, 5.74) is 0.537. The van der Waals surface area contributed by atoms with Crippen LogP contribution in [0.2, 0.25) is 0 Å². The van der Waals surface area contributed by atoms with Gasteiger partial charge in [-0.1, -0.05) is 22.0 Å². The molecule has 5 nitrogen and oxygen atoms in total. The highest BCUT2D eigenvalue weighted by Gasteiger charge is 2.13. The van der Waals surface area contributed by atoms with Gasteiger partial charge < -0.3 is 16.0 Å². The molecule has 0 aliphatic carbocycles. The van der Waals surface area contributed by atoms with Crippen LogP contribution in [-0.2, 0) is 4.79 Å². The SMILES string of the molecule is Cl.O=C(CNC(=O)c1cccc(Br)c1)NCCC1CCCNC1. The van der Waals surface area contributed by atoms with Crippen LogP contribution in [0.15, 0.2) is 28.7 Å². The summed E-state index contributed by atoms with van der Waals surface area (Å²) >= 11 is 3.32. The van der Waals surface area contributed by atoms with E-state index in [0.29, 0.717) is 18.0 Å². The fourth-order valence-corrected chi connectivity index (χ4v) is 2.94. The summed E-state index contributed by atoms with van der Waals surface area (Å²) in [4.78, 5) is 23.6. The fraction of sp³-hybridized carbons (Fsp3) is 0.500. The van der Waals surface area contributed by atoms with Gasteiger partial charge in [-0.3, -0.25) is 9.59 Å². The lowest BCUT2D eigenvalue weighted by molar-refractivity contribution is -0.120. The highest BCUT2D eigenvalue weighted by Crippen LogP contribution is 2.13. The number of benzene rings is 1. The number of amides is 2. The van der Waals surface area contributed by atoms with Crippen LogP contribution in [0.3, 0.4) is 0 Å².